The largest absolute Gasteiger partial charge is 0.491 e. The highest BCUT2D eigenvalue weighted by Crippen LogP contribution is 2.34. The molecule has 200 valence electrons. The maximum atomic E-state index is 9.86. The van der Waals surface area contributed by atoms with Crippen molar-refractivity contribution in [1.29, 1.82) is 0 Å². The lowest BCUT2D eigenvalue weighted by molar-refractivity contribution is 0.122. The van der Waals surface area contributed by atoms with Crippen LogP contribution in [0, 0.1) is 0 Å². The van der Waals surface area contributed by atoms with Crippen molar-refractivity contribution < 1.29 is 14.6 Å². The van der Waals surface area contributed by atoms with Crippen LogP contribution < -0.4 is 14.5 Å². The minimum Gasteiger partial charge on any atom is -0.491 e. The summed E-state index contributed by atoms with van der Waals surface area (Å²) in [6.07, 6.45) is 1.37. The molecule has 0 aliphatic carbocycles. The van der Waals surface area contributed by atoms with E-state index >= 15 is 0 Å². The Labute approximate surface area is 224 Å². The summed E-state index contributed by atoms with van der Waals surface area (Å²) in [5.74, 6) is 2.00. The van der Waals surface area contributed by atoms with Crippen molar-refractivity contribution in [2.75, 3.05) is 49.8 Å². The van der Waals surface area contributed by atoms with Crippen LogP contribution in [-0.4, -0.2) is 65.8 Å². The molecule has 2 aromatic heterocycles. The van der Waals surface area contributed by atoms with Gasteiger partial charge in [0.15, 0.2) is 5.65 Å². The first-order chi connectivity index (χ1) is 18.4. The summed E-state index contributed by atoms with van der Waals surface area (Å²) in [7, 11) is 2.08. The Bertz CT molecular complexity index is 1360. The first-order valence-electron chi connectivity index (χ1n) is 13.3. The number of aliphatic hydroxyl groups is 1. The normalized spacial score (nSPS) is 14.7. The number of nitrogens with zero attached hydrogens (tertiary/aromatic N) is 5. The molecule has 0 amide bonds. The monoisotopic (exact) mass is 515 g/mol. The van der Waals surface area contributed by atoms with Gasteiger partial charge in [-0.25, -0.2) is 4.98 Å². The second kappa shape index (κ2) is 11.4. The molecule has 1 fully saturated rings. The van der Waals surface area contributed by atoms with Gasteiger partial charge in [0.05, 0.1) is 31.2 Å². The van der Waals surface area contributed by atoms with Crippen molar-refractivity contribution in [1.82, 2.24) is 14.6 Å². The number of hydrogen-bond acceptors (Lipinski definition) is 7. The second-order valence-corrected chi connectivity index (χ2v) is 10.3. The van der Waals surface area contributed by atoms with Gasteiger partial charge in [-0.15, -0.1) is 0 Å². The molecule has 0 spiro atoms. The zero-order valence-electron chi connectivity index (χ0n) is 22.7. The van der Waals surface area contributed by atoms with Crippen LogP contribution in [0.4, 0.5) is 11.5 Å². The van der Waals surface area contributed by atoms with Gasteiger partial charge in [0.2, 0.25) is 0 Å². The maximum absolute atomic E-state index is 9.86. The van der Waals surface area contributed by atoms with E-state index in [0.717, 1.165) is 53.6 Å². The molecule has 3 heterocycles. The Kier molecular flexibility index (Phi) is 7.81. The van der Waals surface area contributed by atoms with Crippen molar-refractivity contribution in [2.45, 2.75) is 39.3 Å². The van der Waals surface area contributed by atoms with Crippen LogP contribution in [0.15, 0.2) is 60.8 Å². The number of fused-ring (bicyclic) bond motifs is 1. The van der Waals surface area contributed by atoms with Gasteiger partial charge in [0, 0.05) is 55.6 Å². The summed E-state index contributed by atoms with van der Waals surface area (Å²) >= 11 is 0. The van der Waals surface area contributed by atoms with Crippen molar-refractivity contribution >= 4 is 17.2 Å². The maximum Gasteiger partial charge on any atom is 0.161 e. The predicted molar refractivity (Wildman–Crippen MR) is 151 cm³/mol. The van der Waals surface area contributed by atoms with E-state index in [9.17, 15) is 5.11 Å². The van der Waals surface area contributed by atoms with Gasteiger partial charge in [-0.3, -0.25) is 0 Å². The fourth-order valence-electron chi connectivity index (χ4n) is 4.74. The molecule has 1 atom stereocenters. The van der Waals surface area contributed by atoms with E-state index in [-0.39, 0.29) is 6.61 Å². The lowest BCUT2D eigenvalue weighted by Crippen LogP contribution is -2.37. The highest BCUT2D eigenvalue weighted by Gasteiger charge is 2.21. The third-order valence-electron chi connectivity index (χ3n) is 6.82. The van der Waals surface area contributed by atoms with E-state index in [1.807, 2.05) is 28.9 Å². The molecule has 8 nitrogen and oxygen atoms in total. The number of aliphatic hydroxyl groups excluding tert-OH is 1. The van der Waals surface area contributed by atoms with Gasteiger partial charge in [0.25, 0.3) is 0 Å². The molecule has 1 aliphatic heterocycles. The van der Waals surface area contributed by atoms with Gasteiger partial charge in [-0.05, 0) is 30.5 Å². The Balaban J connectivity index is 1.61. The standard InChI is InChI=1S/C30H37N5O3/c1-21(2)27-18-31-35-29(34-10-12-37-13-11-34)17-28(32-30(27)35)24-14-25(16-26(15-24)38-20-22(3)36)33(4)19-23-8-6-5-7-9-23/h5-9,14-18,21-22,36H,10-13,19-20H2,1-4H3. The fraction of sp³-hybridized carbons (Fsp3) is 0.400. The molecule has 0 saturated carbocycles. The molecule has 2 aromatic carbocycles. The Morgan fingerprint density at radius 1 is 1.05 bits per heavy atom. The molecule has 1 N–H and O–H groups in total. The van der Waals surface area contributed by atoms with Crippen LogP contribution in [0.1, 0.15) is 37.8 Å². The van der Waals surface area contributed by atoms with Gasteiger partial charge in [-0.1, -0.05) is 44.2 Å². The van der Waals surface area contributed by atoms with E-state index in [1.54, 1.807) is 6.92 Å². The average Bonchev–Trinajstić information content (AvgIpc) is 3.37. The van der Waals surface area contributed by atoms with Crippen LogP contribution in [0.2, 0.25) is 0 Å². The number of ether oxygens (including phenoxy) is 2. The lowest BCUT2D eigenvalue weighted by Gasteiger charge is -2.29. The van der Waals surface area contributed by atoms with Crippen LogP contribution >= 0.6 is 0 Å². The van der Waals surface area contributed by atoms with Crippen molar-refractivity contribution in [2.24, 2.45) is 0 Å². The van der Waals surface area contributed by atoms with Crippen molar-refractivity contribution in [3.05, 3.63) is 71.9 Å². The molecule has 5 rings (SSSR count). The smallest absolute Gasteiger partial charge is 0.161 e. The summed E-state index contributed by atoms with van der Waals surface area (Å²) in [6.45, 7) is 10.0. The molecule has 8 heteroatoms. The first kappa shape index (κ1) is 26.0. The zero-order chi connectivity index (χ0) is 26.6. The number of benzene rings is 2. The molecule has 38 heavy (non-hydrogen) atoms. The number of anilines is 2. The average molecular weight is 516 g/mol. The summed E-state index contributed by atoms with van der Waals surface area (Å²) in [5, 5.41) is 14.6. The van der Waals surface area contributed by atoms with Crippen LogP contribution in [0.25, 0.3) is 16.9 Å². The third-order valence-corrected chi connectivity index (χ3v) is 6.82. The summed E-state index contributed by atoms with van der Waals surface area (Å²) in [4.78, 5) is 9.64. The molecule has 1 unspecified atom stereocenters. The third kappa shape index (κ3) is 5.76. The lowest BCUT2D eigenvalue weighted by atomic mass is 10.1. The number of morpholine rings is 1. The highest BCUT2D eigenvalue weighted by atomic mass is 16.5. The predicted octanol–water partition coefficient (Wildman–Crippen LogP) is 4.75. The topological polar surface area (TPSA) is 75.4 Å². The van der Waals surface area contributed by atoms with Crippen LogP contribution in [0.3, 0.4) is 0 Å². The Morgan fingerprint density at radius 3 is 2.53 bits per heavy atom. The molecule has 0 bridgehead atoms. The minimum absolute atomic E-state index is 0.219. The first-order valence-corrected chi connectivity index (χ1v) is 13.3. The van der Waals surface area contributed by atoms with Gasteiger partial charge in [0.1, 0.15) is 18.2 Å². The van der Waals surface area contributed by atoms with Gasteiger partial charge >= 0.3 is 0 Å². The minimum atomic E-state index is -0.563. The summed E-state index contributed by atoms with van der Waals surface area (Å²) < 4.78 is 13.6. The Hall–Kier alpha value is -3.62. The zero-order valence-corrected chi connectivity index (χ0v) is 22.7. The summed E-state index contributed by atoms with van der Waals surface area (Å²) in [6, 6.07) is 18.7. The van der Waals surface area contributed by atoms with E-state index in [4.69, 9.17) is 19.6 Å². The number of hydrogen-bond donors (Lipinski definition) is 1. The van der Waals surface area contributed by atoms with Crippen molar-refractivity contribution in [3.63, 3.8) is 0 Å². The second-order valence-electron chi connectivity index (χ2n) is 10.3. The number of rotatable bonds is 9. The van der Waals surface area contributed by atoms with E-state index < -0.39 is 6.10 Å². The van der Waals surface area contributed by atoms with E-state index in [2.05, 4.69) is 67.1 Å². The highest BCUT2D eigenvalue weighted by molar-refractivity contribution is 5.73. The van der Waals surface area contributed by atoms with Crippen LogP contribution in [0.5, 0.6) is 5.75 Å². The Morgan fingerprint density at radius 2 is 1.82 bits per heavy atom. The van der Waals surface area contributed by atoms with Gasteiger partial charge in [-0.2, -0.15) is 9.61 Å². The molecule has 4 aromatic rings. The molecule has 0 radical (unpaired) electrons. The SMILES string of the molecule is CC(O)COc1cc(-c2cc(N3CCOCC3)n3ncc(C(C)C)c3n2)cc(N(C)Cc2ccccc2)c1. The van der Waals surface area contributed by atoms with Gasteiger partial charge < -0.3 is 24.4 Å². The molecule has 1 saturated heterocycles. The molecular formula is C30H37N5O3. The fourth-order valence-corrected chi connectivity index (χ4v) is 4.74. The molecule has 1 aliphatic rings. The van der Waals surface area contributed by atoms with Crippen LogP contribution in [-0.2, 0) is 11.3 Å². The number of aromatic nitrogens is 3. The summed E-state index contributed by atoms with van der Waals surface area (Å²) in [5.41, 5.74) is 6.04. The molecular weight excluding hydrogens is 478 g/mol. The van der Waals surface area contributed by atoms with E-state index in [0.29, 0.717) is 24.9 Å². The quantitative estimate of drug-likeness (QED) is 0.345. The van der Waals surface area contributed by atoms with E-state index in [1.165, 1.54) is 5.56 Å². The van der Waals surface area contributed by atoms with Crippen molar-refractivity contribution in [3.8, 4) is 17.0 Å².